The Bertz CT molecular complexity index is 1090. The van der Waals surface area contributed by atoms with Gasteiger partial charge in [-0.1, -0.05) is 83.9 Å². The normalized spacial score (nSPS) is 11.6. The summed E-state index contributed by atoms with van der Waals surface area (Å²) in [6.07, 6.45) is 2.25. The van der Waals surface area contributed by atoms with E-state index >= 15 is 0 Å². The number of benzene rings is 3. The topological polar surface area (TPSA) is 49.4 Å². The largest absolute Gasteiger partial charge is 0.354 e. The van der Waals surface area contributed by atoms with Crippen LogP contribution in [0, 0.1) is 5.82 Å². The second kappa shape index (κ2) is 14.8. The first-order valence-electron chi connectivity index (χ1n) is 12.1. The van der Waals surface area contributed by atoms with Gasteiger partial charge in [0.25, 0.3) is 0 Å². The van der Waals surface area contributed by atoms with Crippen LogP contribution in [-0.2, 0) is 28.3 Å². The molecule has 36 heavy (non-hydrogen) atoms. The van der Waals surface area contributed by atoms with Crippen LogP contribution in [0.1, 0.15) is 36.5 Å². The standard InChI is InChI=1S/C29H32BrFN2O2S/c1-2-3-17-32-29(35)27(18-22-7-5-4-6-8-22)33(19-23-11-15-26(31)16-12-23)28(34)21-36-20-24-9-13-25(30)14-10-24/h4-16,27H,2-3,17-21H2,1H3,(H,32,35)/t27-/m1/s1. The highest BCUT2D eigenvalue weighted by molar-refractivity contribution is 9.10. The molecule has 0 bridgehead atoms. The second-order valence-electron chi connectivity index (χ2n) is 8.62. The molecular weight excluding hydrogens is 539 g/mol. The molecule has 3 rings (SSSR count). The number of hydrogen-bond acceptors (Lipinski definition) is 3. The summed E-state index contributed by atoms with van der Waals surface area (Å²) in [5.41, 5.74) is 2.88. The Balaban J connectivity index is 1.81. The zero-order valence-corrected chi connectivity index (χ0v) is 22.9. The lowest BCUT2D eigenvalue weighted by Gasteiger charge is -2.31. The van der Waals surface area contributed by atoms with Crippen LogP contribution >= 0.6 is 27.7 Å². The van der Waals surface area contributed by atoms with Gasteiger partial charge in [0.1, 0.15) is 11.9 Å². The number of unbranched alkanes of at least 4 members (excludes halogenated alkanes) is 1. The number of carbonyl (C=O) groups is 2. The van der Waals surface area contributed by atoms with Gasteiger partial charge in [0.05, 0.1) is 5.75 Å². The van der Waals surface area contributed by atoms with Gasteiger partial charge in [-0.15, -0.1) is 11.8 Å². The third kappa shape index (κ3) is 9.10. The molecule has 0 saturated heterocycles. The average Bonchev–Trinajstić information content (AvgIpc) is 2.89. The summed E-state index contributed by atoms with van der Waals surface area (Å²) in [5, 5.41) is 3.02. The SMILES string of the molecule is CCCCNC(=O)[C@@H](Cc1ccccc1)N(Cc1ccc(F)cc1)C(=O)CSCc1ccc(Br)cc1. The minimum absolute atomic E-state index is 0.118. The first-order chi connectivity index (χ1) is 17.5. The molecule has 2 amide bonds. The van der Waals surface area contributed by atoms with Gasteiger partial charge in [-0.05, 0) is 47.4 Å². The summed E-state index contributed by atoms with van der Waals surface area (Å²) >= 11 is 4.96. The maximum atomic E-state index is 13.6. The second-order valence-corrected chi connectivity index (χ2v) is 10.5. The summed E-state index contributed by atoms with van der Waals surface area (Å²) in [4.78, 5) is 28.6. The molecule has 1 atom stereocenters. The third-order valence-corrected chi connectivity index (χ3v) is 7.29. The number of nitrogens with one attached hydrogen (secondary N) is 1. The van der Waals surface area contributed by atoms with Crippen molar-refractivity contribution >= 4 is 39.5 Å². The summed E-state index contributed by atoms with van der Waals surface area (Å²) in [6.45, 7) is 2.87. The Morgan fingerprint density at radius 2 is 1.61 bits per heavy atom. The summed E-state index contributed by atoms with van der Waals surface area (Å²) < 4.78 is 14.5. The maximum Gasteiger partial charge on any atom is 0.243 e. The van der Waals surface area contributed by atoms with Crippen LogP contribution < -0.4 is 5.32 Å². The number of nitrogens with zero attached hydrogens (tertiary/aromatic N) is 1. The molecule has 190 valence electrons. The molecule has 3 aromatic rings. The van der Waals surface area contributed by atoms with Crippen LogP contribution in [0.2, 0.25) is 0 Å². The van der Waals surface area contributed by atoms with E-state index in [-0.39, 0.29) is 29.9 Å². The summed E-state index contributed by atoms with van der Waals surface area (Å²) in [5.74, 6) is 0.314. The minimum atomic E-state index is -0.671. The van der Waals surface area contributed by atoms with Crippen LogP contribution in [0.3, 0.4) is 0 Å². The molecule has 0 spiro atoms. The van der Waals surface area contributed by atoms with Gasteiger partial charge in [-0.25, -0.2) is 4.39 Å². The van der Waals surface area contributed by atoms with E-state index in [1.54, 1.807) is 17.0 Å². The van der Waals surface area contributed by atoms with Crippen molar-refractivity contribution in [1.82, 2.24) is 10.2 Å². The molecule has 1 N–H and O–H groups in total. The van der Waals surface area contributed by atoms with E-state index in [4.69, 9.17) is 0 Å². The zero-order valence-electron chi connectivity index (χ0n) is 20.5. The van der Waals surface area contributed by atoms with E-state index in [1.807, 2.05) is 54.6 Å². The molecule has 4 nitrogen and oxygen atoms in total. The molecule has 3 aromatic carbocycles. The molecule has 0 heterocycles. The van der Waals surface area contributed by atoms with Crippen LogP contribution in [-0.4, -0.2) is 35.1 Å². The Morgan fingerprint density at radius 3 is 2.28 bits per heavy atom. The maximum absolute atomic E-state index is 13.6. The van der Waals surface area contributed by atoms with E-state index in [2.05, 4.69) is 28.2 Å². The number of rotatable bonds is 13. The molecule has 0 unspecified atom stereocenters. The Labute approximate surface area is 225 Å². The lowest BCUT2D eigenvalue weighted by Crippen LogP contribution is -2.51. The van der Waals surface area contributed by atoms with Crippen molar-refractivity contribution in [2.24, 2.45) is 0 Å². The number of thioether (sulfide) groups is 1. The highest BCUT2D eigenvalue weighted by atomic mass is 79.9. The predicted molar refractivity (Wildman–Crippen MR) is 149 cm³/mol. The molecule has 0 aliphatic carbocycles. The Hall–Kier alpha value is -2.64. The molecular formula is C29H32BrFN2O2S. The lowest BCUT2D eigenvalue weighted by atomic mass is 10.0. The minimum Gasteiger partial charge on any atom is -0.354 e. The van der Waals surface area contributed by atoms with Crippen LogP contribution in [0.5, 0.6) is 0 Å². The van der Waals surface area contributed by atoms with Crippen molar-refractivity contribution in [1.29, 1.82) is 0 Å². The fraction of sp³-hybridized carbons (Fsp3) is 0.310. The van der Waals surface area contributed by atoms with Gasteiger partial charge in [-0.2, -0.15) is 0 Å². The third-order valence-electron chi connectivity index (χ3n) is 5.77. The van der Waals surface area contributed by atoms with Crippen molar-refractivity contribution in [2.45, 2.75) is 44.5 Å². The van der Waals surface area contributed by atoms with E-state index in [0.29, 0.717) is 18.7 Å². The molecule has 0 aliphatic heterocycles. The van der Waals surface area contributed by atoms with Crippen molar-refractivity contribution in [3.63, 3.8) is 0 Å². The molecule has 0 radical (unpaired) electrons. The van der Waals surface area contributed by atoms with Gasteiger partial charge in [0, 0.05) is 29.7 Å². The van der Waals surface area contributed by atoms with E-state index in [0.717, 1.165) is 34.0 Å². The molecule has 0 aromatic heterocycles. The van der Waals surface area contributed by atoms with Crippen LogP contribution in [0.4, 0.5) is 4.39 Å². The van der Waals surface area contributed by atoms with Gasteiger partial charge < -0.3 is 10.2 Å². The van der Waals surface area contributed by atoms with Crippen molar-refractivity contribution in [2.75, 3.05) is 12.3 Å². The van der Waals surface area contributed by atoms with Crippen molar-refractivity contribution in [3.05, 3.63) is 106 Å². The zero-order chi connectivity index (χ0) is 25.8. The highest BCUT2D eigenvalue weighted by Gasteiger charge is 2.30. The number of amides is 2. The molecule has 0 fully saturated rings. The molecule has 0 aliphatic rings. The first kappa shape index (κ1) is 27.9. The number of carbonyl (C=O) groups excluding carboxylic acids is 2. The number of halogens is 2. The predicted octanol–water partition coefficient (Wildman–Crippen LogP) is 6.38. The average molecular weight is 572 g/mol. The quantitative estimate of drug-likeness (QED) is 0.243. The first-order valence-corrected chi connectivity index (χ1v) is 14.1. The highest BCUT2D eigenvalue weighted by Crippen LogP contribution is 2.20. The monoisotopic (exact) mass is 570 g/mol. The van der Waals surface area contributed by atoms with Gasteiger partial charge in [-0.3, -0.25) is 9.59 Å². The Morgan fingerprint density at radius 1 is 0.944 bits per heavy atom. The van der Waals surface area contributed by atoms with E-state index in [1.165, 1.54) is 23.9 Å². The van der Waals surface area contributed by atoms with Gasteiger partial charge in [0.15, 0.2) is 0 Å². The van der Waals surface area contributed by atoms with Gasteiger partial charge in [0.2, 0.25) is 11.8 Å². The molecule has 0 saturated carbocycles. The van der Waals surface area contributed by atoms with Crippen LogP contribution in [0.25, 0.3) is 0 Å². The van der Waals surface area contributed by atoms with Gasteiger partial charge >= 0.3 is 0 Å². The Kier molecular flexibility index (Phi) is 11.5. The fourth-order valence-corrected chi connectivity index (χ4v) is 4.90. The summed E-state index contributed by atoms with van der Waals surface area (Å²) in [6, 6.07) is 23.2. The van der Waals surface area contributed by atoms with E-state index < -0.39 is 6.04 Å². The fourth-order valence-electron chi connectivity index (χ4n) is 3.77. The van der Waals surface area contributed by atoms with Crippen molar-refractivity contribution < 1.29 is 14.0 Å². The smallest absolute Gasteiger partial charge is 0.243 e. The summed E-state index contributed by atoms with van der Waals surface area (Å²) in [7, 11) is 0. The van der Waals surface area contributed by atoms with Crippen LogP contribution in [0.15, 0.2) is 83.3 Å². The lowest BCUT2D eigenvalue weighted by molar-refractivity contribution is -0.139. The van der Waals surface area contributed by atoms with E-state index in [9.17, 15) is 14.0 Å². The van der Waals surface area contributed by atoms with Crippen molar-refractivity contribution in [3.8, 4) is 0 Å². The number of hydrogen-bond donors (Lipinski definition) is 1. The molecule has 7 heteroatoms.